The van der Waals surface area contributed by atoms with E-state index >= 15 is 0 Å². The molecule has 0 aromatic carbocycles. The smallest absolute Gasteiger partial charge is 0.154 e. The molecular weight excluding hydrogens is 334 g/mol. The van der Waals surface area contributed by atoms with Gasteiger partial charge in [0.1, 0.15) is 11.3 Å². The molecule has 0 amide bonds. The number of aromatic nitrogens is 4. The summed E-state index contributed by atoms with van der Waals surface area (Å²) >= 11 is 1.60. The van der Waals surface area contributed by atoms with Crippen LogP contribution < -0.4 is 5.32 Å². The van der Waals surface area contributed by atoms with Crippen LogP contribution in [-0.4, -0.2) is 37.3 Å². The van der Waals surface area contributed by atoms with Crippen molar-refractivity contribution in [2.24, 2.45) is 0 Å². The molecule has 3 heterocycles. The van der Waals surface area contributed by atoms with Crippen molar-refractivity contribution in [1.29, 1.82) is 0 Å². The molecule has 0 fully saturated rings. The Hall–Kier alpha value is -1.99. The van der Waals surface area contributed by atoms with E-state index in [9.17, 15) is 5.11 Å². The predicted molar refractivity (Wildman–Crippen MR) is 102 cm³/mol. The van der Waals surface area contributed by atoms with Crippen LogP contribution in [-0.2, 0) is 6.54 Å². The second-order valence-corrected chi connectivity index (χ2v) is 6.99. The molecule has 0 spiro atoms. The number of thiazole rings is 1. The summed E-state index contributed by atoms with van der Waals surface area (Å²) in [6.07, 6.45) is 6.05. The van der Waals surface area contributed by atoms with E-state index in [-0.39, 0.29) is 12.6 Å². The largest absolute Gasteiger partial charge is 0.396 e. The van der Waals surface area contributed by atoms with E-state index in [4.69, 9.17) is 0 Å². The molecular formula is C18H25N5OS. The number of nitrogens with one attached hydrogen (secondary N) is 1. The van der Waals surface area contributed by atoms with Crippen molar-refractivity contribution in [2.45, 2.75) is 52.1 Å². The average Bonchev–Trinajstić information content (AvgIpc) is 3.23. The van der Waals surface area contributed by atoms with Crippen molar-refractivity contribution in [1.82, 2.24) is 19.5 Å². The predicted octanol–water partition coefficient (Wildman–Crippen LogP) is 3.60. The van der Waals surface area contributed by atoms with Crippen molar-refractivity contribution in [3.63, 3.8) is 0 Å². The molecule has 1 unspecified atom stereocenters. The Morgan fingerprint density at radius 2 is 2.20 bits per heavy atom. The zero-order valence-corrected chi connectivity index (χ0v) is 15.6. The van der Waals surface area contributed by atoms with E-state index in [0.717, 1.165) is 54.1 Å². The summed E-state index contributed by atoms with van der Waals surface area (Å²) in [5.41, 5.74) is 4.82. The maximum atomic E-state index is 9.38. The molecule has 134 valence electrons. The number of rotatable bonds is 9. The van der Waals surface area contributed by atoms with E-state index in [2.05, 4.69) is 37.1 Å². The van der Waals surface area contributed by atoms with Crippen LogP contribution in [0.15, 0.2) is 23.2 Å². The highest BCUT2D eigenvalue weighted by Gasteiger charge is 2.15. The van der Waals surface area contributed by atoms with E-state index in [0.29, 0.717) is 6.54 Å². The minimum absolute atomic E-state index is 0.175. The number of aliphatic hydroxyl groups excluding tert-OH is 1. The highest BCUT2D eigenvalue weighted by molar-refractivity contribution is 7.07. The van der Waals surface area contributed by atoms with Gasteiger partial charge >= 0.3 is 0 Å². The molecule has 6 nitrogen and oxygen atoms in total. The molecule has 1 atom stereocenters. The van der Waals surface area contributed by atoms with Crippen LogP contribution in [0.25, 0.3) is 11.0 Å². The van der Waals surface area contributed by atoms with Crippen molar-refractivity contribution in [3.8, 4) is 0 Å². The third-order valence-corrected chi connectivity index (χ3v) is 4.90. The standard InChI is InChI=1S/C18H25N5OS/c1-3-4-5-14(7-9-24)22-18-17-16(20-13(2)21-18)6-8-23(17)10-15-11-25-12-19-15/h6,8,11-12,14,24H,3-5,7,9-10H2,1-2H3,(H,20,21,22). The molecule has 0 aliphatic rings. The molecule has 2 N–H and O–H groups in total. The second-order valence-electron chi connectivity index (χ2n) is 6.27. The Balaban J connectivity index is 1.93. The first-order valence-electron chi connectivity index (χ1n) is 8.79. The Morgan fingerprint density at radius 1 is 1.32 bits per heavy atom. The summed E-state index contributed by atoms with van der Waals surface area (Å²) in [5, 5.41) is 15.0. The number of hydrogen-bond donors (Lipinski definition) is 2. The SMILES string of the molecule is CCCCC(CCO)Nc1nc(C)nc2ccn(Cc3cscn3)c12. The summed E-state index contributed by atoms with van der Waals surface area (Å²) in [6.45, 7) is 4.97. The van der Waals surface area contributed by atoms with Crippen LogP contribution in [0.1, 0.15) is 44.1 Å². The number of aryl methyl sites for hydroxylation is 1. The van der Waals surface area contributed by atoms with E-state index < -0.39 is 0 Å². The third-order valence-electron chi connectivity index (χ3n) is 4.26. The van der Waals surface area contributed by atoms with E-state index in [1.165, 1.54) is 0 Å². The number of hydrogen-bond acceptors (Lipinski definition) is 6. The lowest BCUT2D eigenvalue weighted by Gasteiger charge is -2.19. The van der Waals surface area contributed by atoms with Crippen LogP contribution in [0, 0.1) is 6.92 Å². The highest BCUT2D eigenvalue weighted by Crippen LogP contribution is 2.24. The Kier molecular flexibility index (Phi) is 5.99. The summed E-state index contributed by atoms with van der Waals surface area (Å²) < 4.78 is 2.14. The fourth-order valence-corrected chi connectivity index (χ4v) is 3.58. The first-order chi connectivity index (χ1) is 12.2. The van der Waals surface area contributed by atoms with Gasteiger partial charge in [0, 0.05) is 24.2 Å². The molecule has 25 heavy (non-hydrogen) atoms. The third kappa shape index (κ3) is 4.35. The zero-order valence-electron chi connectivity index (χ0n) is 14.8. The Bertz CT molecular complexity index is 799. The zero-order chi connectivity index (χ0) is 17.6. The van der Waals surface area contributed by atoms with Crippen molar-refractivity contribution >= 4 is 28.2 Å². The average molecular weight is 359 g/mol. The van der Waals surface area contributed by atoms with Crippen molar-refractivity contribution in [2.75, 3.05) is 11.9 Å². The lowest BCUT2D eigenvalue weighted by Crippen LogP contribution is -2.22. The van der Waals surface area contributed by atoms with Gasteiger partial charge in [-0.3, -0.25) is 0 Å². The number of anilines is 1. The van der Waals surface area contributed by atoms with Gasteiger partial charge in [-0.15, -0.1) is 11.3 Å². The minimum atomic E-state index is 0.175. The number of aliphatic hydroxyl groups is 1. The van der Waals surface area contributed by atoms with Crippen LogP contribution in [0.3, 0.4) is 0 Å². The quantitative estimate of drug-likeness (QED) is 0.610. The second kappa shape index (κ2) is 8.40. The fraction of sp³-hybridized carbons (Fsp3) is 0.500. The van der Waals surface area contributed by atoms with Crippen LogP contribution >= 0.6 is 11.3 Å². The van der Waals surface area contributed by atoms with Crippen LogP contribution in [0.5, 0.6) is 0 Å². The molecule has 3 rings (SSSR count). The molecule has 0 aliphatic heterocycles. The molecule has 7 heteroatoms. The number of unbranched alkanes of at least 4 members (excludes halogenated alkanes) is 1. The number of fused-ring (bicyclic) bond motifs is 1. The van der Waals surface area contributed by atoms with Gasteiger partial charge in [-0.2, -0.15) is 0 Å². The lowest BCUT2D eigenvalue weighted by atomic mass is 10.1. The lowest BCUT2D eigenvalue weighted by molar-refractivity contribution is 0.276. The van der Waals surface area contributed by atoms with Gasteiger partial charge < -0.3 is 15.0 Å². The Labute approximate surface area is 152 Å². The summed E-state index contributed by atoms with van der Waals surface area (Å²) in [7, 11) is 0. The molecule has 0 radical (unpaired) electrons. The van der Waals surface area contributed by atoms with Gasteiger partial charge in [-0.1, -0.05) is 19.8 Å². The normalized spacial score (nSPS) is 12.6. The fourth-order valence-electron chi connectivity index (χ4n) is 3.03. The Morgan fingerprint density at radius 3 is 2.92 bits per heavy atom. The minimum Gasteiger partial charge on any atom is -0.396 e. The van der Waals surface area contributed by atoms with Gasteiger partial charge in [-0.25, -0.2) is 15.0 Å². The maximum Gasteiger partial charge on any atom is 0.154 e. The highest BCUT2D eigenvalue weighted by atomic mass is 32.1. The van der Waals surface area contributed by atoms with Crippen molar-refractivity contribution < 1.29 is 5.11 Å². The number of nitrogens with zero attached hydrogens (tertiary/aromatic N) is 4. The molecule has 3 aromatic heterocycles. The maximum absolute atomic E-state index is 9.38. The van der Waals surface area contributed by atoms with Gasteiger partial charge in [-0.05, 0) is 25.8 Å². The van der Waals surface area contributed by atoms with Crippen LogP contribution in [0.4, 0.5) is 5.82 Å². The molecule has 0 saturated heterocycles. The van der Waals surface area contributed by atoms with Gasteiger partial charge in [0.25, 0.3) is 0 Å². The molecule has 0 saturated carbocycles. The van der Waals surface area contributed by atoms with Gasteiger partial charge in [0.15, 0.2) is 5.82 Å². The first kappa shape index (κ1) is 17.8. The summed E-state index contributed by atoms with van der Waals surface area (Å²) in [5.74, 6) is 1.59. The molecule has 3 aromatic rings. The van der Waals surface area contributed by atoms with Gasteiger partial charge in [0.05, 0.1) is 23.3 Å². The first-order valence-corrected chi connectivity index (χ1v) is 9.73. The van der Waals surface area contributed by atoms with Gasteiger partial charge in [0.2, 0.25) is 0 Å². The monoisotopic (exact) mass is 359 g/mol. The summed E-state index contributed by atoms with van der Waals surface area (Å²) in [6, 6.07) is 2.24. The van der Waals surface area contributed by atoms with Crippen molar-refractivity contribution in [3.05, 3.63) is 34.7 Å². The van der Waals surface area contributed by atoms with E-state index in [1.807, 2.05) is 24.7 Å². The molecule has 0 aliphatic carbocycles. The molecule has 0 bridgehead atoms. The topological polar surface area (TPSA) is 75.9 Å². The van der Waals surface area contributed by atoms with Crippen LogP contribution in [0.2, 0.25) is 0 Å². The summed E-state index contributed by atoms with van der Waals surface area (Å²) in [4.78, 5) is 13.6. The van der Waals surface area contributed by atoms with E-state index in [1.54, 1.807) is 11.3 Å².